The van der Waals surface area contributed by atoms with Gasteiger partial charge in [0.05, 0.1) is 125 Å². The number of rotatable bonds is 36. The summed E-state index contributed by atoms with van der Waals surface area (Å²) in [7, 11) is 3.23. The van der Waals surface area contributed by atoms with Gasteiger partial charge in [-0.2, -0.15) is 24.2 Å². The first-order chi connectivity index (χ1) is 52.0. The van der Waals surface area contributed by atoms with Crippen molar-refractivity contribution in [3.05, 3.63) is 104 Å². The van der Waals surface area contributed by atoms with Crippen molar-refractivity contribution < 1.29 is 187 Å². The van der Waals surface area contributed by atoms with Crippen LogP contribution in [-0.2, 0) is 139 Å². The molecule has 42 heteroatoms. The summed E-state index contributed by atoms with van der Waals surface area (Å²) < 4.78 is 45.4. The normalized spacial score (nSPS) is 14.8. The molecule has 4 aliphatic rings. The van der Waals surface area contributed by atoms with Crippen molar-refractivity contribution in [3.63, 3.8) is 0 Å². The fourth-order valence-corrected chi connectivity index (χ4v) is 10.7. The van der Waals surface area contributed by atoms with Gasteiger partial charge >= 0.3 is 77.9 Å². The number of carboxylic acid groups (broad SMARTS) is 6. The second-order valence-corrected chi connectivity index (χ2v) is 24.4. The smallest absolute Gasteiger partial charge is 0.676 e. The second-order valence-electron chi connectivity index (χ2n) is 24.4. The average Bonchev–Trinajstić information content (AvgIpc) is 1.62. The Morgan fingerprint density at radius 1 is 0.500 bits per heavy atom. The standard InChI is InChI=1S/C56H77N7O14.2C6H12N2.2C2H2O4.Mn.HNO3.2H2O.2Pt/c1-7-39-40(8-2)44-32-46-42(12-10-18-58-54(65)14-16-56(68)69)38(4)50(63-46)36-60-48-34-52(77-30-28-75-26-24-73-22-20-71-6)51(76-29-27-74-25-23-72-21-19-70-5)33-47(48)59-35-49-37(3)41(45(62-49)31-43(39)61-44)11-9-17-57-53(64)13-15-55(66)67;2*7-5-3-1-2-4-6(5)8;2*3-1(4)2(5)6;;2-1(3)4;;;;/h31-36H,7-30H2,1-6H3,(H5,57,58,59,60,61,62,63,64,65,66,67,68,69);2*5-8H,1-4H2;2*(H,3,4)(H,5,6);;(H,2,3,4);2*1H2;;/q;2*-2;;;;;;;2*+2/p-1. The van der Waals surface area contributed by atoms with Gasteiger partial charge in [0.1, 0.15) is 13.2 Å². The quantitative estimate of drug-likeness (QED) is 0.00884. The van der Waals surface area contributed by atoms with E-state index >= 15 is 0 Å². The number of allylic oxidation sites excluding steroid dienone is 4. The molecule has 6 bridgehead atoms. The van der Waals surface area contributed by atoms with Gasteiger partial charge in [-0.1, -0.05) is 88.5 Å². The van der Waals surface area contributed by atoms with E-state index in [2.05, 4.69) is 24.5 Å². The molecule has 7 rings (SSSR count). The van der Waals surface area contributed by atoms with Gasteiger partial charge in [0.2, 0.25) is 11.8 Å². The number of amides is 2. The van der Waals surface area contributed by atoms with Crippen LogP contribution < -0.4 is 25.1 Å². The summed E-state index contributed by atoms with van der Waals surface area (Å²) >= 11 is 0. The fraction of sp³-hybridized carbons (Fsp3) is 0.583. The van der Waals surface area contributed by atoms with E-state index < -0.39 is 40.9 Å². The van der Waals surface area contributed by atoms with Crippen LogP contribution in [0.2, 0.25) is 0 Å². The van der Waals surface area contributed by atoms with Crippen LogP contribution in [0.25, 0.3) is 67.3 Å². The third-order valence-corrected chi connectivity index (χ3v) is 16.4. The van der Waals surface area contributed by atoms with Crippen molar-refractivity contribution in [1.29, 1.82) is 0 Å². The van der Waals surface area contributed by atoms with E-state index in [-0.39, 0.29) is 158 Å². The van der Waals surface area contributed by atoms with E-state index in [0.717, 1.165) is 70.1 Å². The first-order valence-electron chi connectivity index (χ1n) is 35.6. The minimum atomic E-state index is -1.82. The Bertz CT molecular complexity index is 3420. The number of benzene rings is 1. The predicted molar refractivity (Wildman–Crippen MR) is 406 cm³/mol. The summed E-state index contributed by atoms with van der Waals surface area (Å²) in [6, 6.07) is 7.24. The third-order valence-electron chi connectivity index (χ3n) is 16.4. The molecular weight excluding hydrogens is 1910 g/mol. The number of ether oxygens (including phenoxy) is 8. The zero-order chi connectivity index (χ0) is 81.2. The fourth-order valence-electron chi connectivity index (χ4n) is 10.7. The van der Waals surface area contributed by atoms with Crippen molar-refractivity contribution in [2.75, 3.05) is 107 Å². The summed E-state index contributed by atoms with van der Waals surface area (Å²) in [5.74, 6) is -9.22. The molecule has 39 nitrogen and oxygen atoms in total. The topological polar surface area (TPSA) is 643 Å². The number of fused-ring (bicyclic) bond motifs is 7. The number of nitrogens with one attached hydrogen (secondary N) is 6. The van der Waals surface area contributed by atoms with Crippen molar-refractivity contribution in [2.24, 2.45) is 0 Å². The number of carbonyl (C=O) groups excluding carboxylic acids is 2. The zero-order valence-electron chi connectivity index (χ0n) is 64.6. The maximum Gasteiger partial charge on any atom is 2.00 e. The van der Waals surface area contributed by atoms with Gasteiger partial charge in [0.25, 0.3) is 5.09 Å². The summed E-state index contributed by atoms with van der Waals surface area (Å²) in [5, 5.41) is 67.0. The van der Waals surface area contributed by atoms with Crippen LogP contribution in [0.3, 0.4) is 0 Å². The van der Waals surface area contributed by atoms with Crippen molar-refractivity contribution >= 4 is 92.0 Å². The molecule has 2 saturated carbocycles. The number of hydrogen-bond acceptors (Lipinski definition) is 22. The molecule has 2 aliphatic carbocycles. The van der Waals surface area contributed by atoms with Gasteiger partial charge in [-0.15, -0.1) is 21.1 Å². The van der Waals surface area contributed by atoms with Crippen LogP contribution in [-0.4, -0.2) is 250 Å². The van der Waals surface area contributed by atoms with E-state index in [0.29, 0.717) is 150 Å². The van der Waals surface area contributed by atoms with E-state index in [9.17, 15) is 19.2 Å². The Balaban J connectivity index is -0.00000135. The zero-order valence-corrected chi connectivity index (χ0v) is 70.3. The Morgan fingerprint density at radius 2 is 0.789 bits per heavy atom. The maximum absolute atomic E-state index is 12.4. The molecule has 0 spiro atoms. The number of aryl methyl sites for hydroxylation is 2. The number of carbonyl (C=O) groups is 8. The van der Waals surface area contributed by atoms with E-state index in [1.807, 2.05) is 26.0 Å². The first kappa shape index (κ1) is 112. The number of nitrogens with zero attached hydrogens (tertiary/aromatic N) is 6. The minimum Gasteiger partial charge on any atom is -0.676 e. The van der Waals surface area contributed by atoms with Crippen LogP contribution in [0.4, 0.5) is 0 Å². The number of aromatic nitrogens is 5. The molecule has 4 atom stereocenters. The number of methoxy groups -OCH3 is 2. The van der Waals surface area contributed by atoms with Gasteiger partial charge in [-0.25, -0.2) is 29.1 Å². The summed E-state index contributed by atoms with van der Waals surface area (Å²) in [6.07, 6.45) is 14.8. The molecule has 2 aliphatic heterocycles. The van der Waals surface area contributed by atoms with E-state index in [1.54, 1.807) is 38.7 Å². The summed E-state index contributed by atoms with van der Waals surface area (Å²) in [5.41, 5.74) is 40.1. The summed E-state index contributed by atoms with van der Waals surface area (Å²) in [4.78, 5) is 117. The molecule has 0 saturated heterocycles. The van der Waals surface area contributed by atoms with Gasteiger partial charge < -0.3 is 123 Å². The van der Waals surface area contributed by atoms with Crippen LogP contribution in [0.15, 0.2) is 36.7 Å². The maximum atomic E-state index is 12.4. The minimum absolute atomic E-state index is 0. The average molecular weight is 2020 g/mol. The van der Waals surface area contributed by atoms with E-state index in [4.69, 9.17) is 151 Å². The number of carboxylic acids is 6. The second kappa shape index (κ2) is 65.3. The van der Waals surface area contributed by atoms with Gasteiger partial charge in [-0.3, -0.25) is 29.1 Å². The van der Waals surface area contributed by atoms with Crippen LogP contribution in [0, 0.1) is 10.1 Å². The molecule has 2 amide bonds. The Hall–Kier alpha value is -7.88. The van der Waals surface area contributed by atoms with Crippen LogP contribution in [0.1, 0.15) is 164 Å². The van der Waals surface area contributed by atoms with Crippen molar-refractivity contribution in [3.8, 4) is 11.5 Å². The molecule has 17 N–H and O–H groups in total. The molecule has 3 aromatic rings. The molecule has 4 unspecified atom stereocenters. The van der Waals surface area contributed by atoms with Gasteiger partial charge in [0, 0.05) is 69.4 Å². The van der Waals surface area contributed by atoms with Crippen molar-refractivity contribution in [2.45, 2.75) is 167 Å². The molecule has 114 heavy (non-hydrogen) atoms. The molecule has 1 aromatic carbocycles. The molecule has 2 fully saturated rings. The Morgan fingerprint density at radius 3 is 1.05 bits per heavy atom. The molecule has 2 aromatic heterocycles. The Labute approximate surface area is 699 Å². The monoisotopic (exact) mass is 2020 g/mol. The molecule has 1 radical (unpaired) electrons. The third kappa shape index (κ3) is 46.6. The van der Waals surface area contributed by atoms with Gasteiger partial charge in [-0.05, 0) is 74.7 Å². The van der Waals surface area contributed by atoms with Gasteiger partial charge in [0.15, 0.2) is 11.5 Å². The molecule has 4 heterocycles. The number of hydrogen-bond donors (Lipinski definition) is 9. The molecule has 647 valence electrons. The SMILES string of the molecule is CCc1c(CC)c2cc3nc(cnc4cc(OCCOCCOCCOC)c(OCCOCCOCCOC)cc4ncc4nc(cc1[n-]2)C(CCCNC(=O)CCC(=O)O)=C4C)C(C)=C3CCCNC(=O)CCC(=O)O.O.O.O=C(O)C(=O)O.O=C(O)C(=O)O.O=[N+]([O-])O.[Mn].[NH-]C1CCCCC1[NH-].[NH-]C1CCCCC1[NH-].[Pt+2].[Pt+2]. The molecular formula is C72H109MnN12O27Pt2-. The Kier molecular flexibility index (Phi) is 64.4. The van der Waals surface area contributed by atoms with E-state index in [1.165, 1.54) is 25.7 Å². The summed E-state index contributed by atoms with van der Waals surface area (Å²) in [6.45, 7) is 13.2. The van der Waals surface area contributed by atoms with Crippen LogP contribution >= 0.6 is 0 Å². The van der Waals surface area contributed by atoms with Crippen molar-refractivity contribution in [1.82, 2.24) is 35.6 Å². The van der Waals surface area contributed by atoms with Crippen LogP contribution in [0.5, 0.6) is 11.5 Å². The first-order valence-corrected chi connectivity index (χ1v) is 35.6. The predicted octanol–water partition coefficient (Wildman–Crippen LogP) is 7.70. The largest absolute Gasteiger partial charge is 2.00 e. The number of aliphatic carboxylic acids is 6.